The summed E-state index contributed by atoms with van der Waals surface area (Å²) in [6.45, 7) is 1.06. The lowest BCUT2D eigenvalue weighted by atomic mass is 10.1. The molecule has 0 aliphatic rings. The number of benzene rings is 1. The largest absolute Gasteiger partial charge is 0.349 e. The van der Waals surface area contributed by atoms with E-state index in [2.05, 4.69) is 15.1 Å². The van der Waals surface area contributed by atoms with E-state index in [4.69, 9.17) is 0 Å². The van der Waals surface area contributed by atoms with E-state index in [0.29, 0.717) is 6.42 Å². The molecule has 0 fully saturated rings. The van der Waals surface area contributed by atoms with Gasteiger partial charge in [-0.25, -0.2) is 17.5 Å². The van der Waals surface area contributed by atoms with E-state index in [0.717, 1.165) is 5.56 Å². The van der Waals surface area contributed by atoms with E-state index in [1.54, 1.807) is 24.1 Å². The molecule has 1 aromatic carbocycles. The van der Waals surface area contributed by atoms with Gasteiger partial charge < -0.3 is 5.32 Å². The number of alkyl halides is 1. The molecule has 0 spiro atoms. The number of aryl methyl sites for hydroxylation is 1. The Bertz CT molecular complexity index is 835. The molecule has 0 saturated carbocycles. The van der Waals surface area contributed by atoms with Gasteiger partial charge in [-0.15, -0.1) is 0 Å². The second-order valence-corrected chi connectivity index (χ2v) is 7.22. The van der Waals surface area contributed by atoms with Crippen molar-refractivity contribution in [2.45, 2.75) is 24.3 Å². The summed E-state index contributed by atoms with van der Waals surface area (Å²) in [7, 11) is -2.07. The van der Waals surface area contributed by atoms with Crippen molar-refractivity contribution in [2.75, 3.05) is 13.2 Å². The van der Waals surface area contributed by atoms with E-state index < -0.39 is 28.6 Å². The van der Waals surface area contributed by atoms with Gasteiger partial charge in [-0.05, 0) is 24.6 Å². The lowest BCUT2D eigenvalue weighted by Gasteiger charge is -2.16. The van der Waals surface area contributed by atoms with Crippen molar-refractivity contribution in [3.05, 3.63) is 47.8 Å². The molecule has 2 aromatic rings. The van der Waals surface area contributed by atoms with Crippen molar-refractivity contribution in [2.24, 2.45) is 7.05 Å². The smallest absolute Gasteiger partial charge is 0.251 e. The van der Waals surface area contributed by atoms with Gasteiger partial charge in [0.05, 0.1) is 11.1 Å². The van der Waals surface area contributed by atoms with Crippen LogP contribution < -0.4 is 10.0 Å². The zero-order valence-corrected chi connectivity index (χ0v) is 14.9. The van der Waals surface area contributed by atoms with Crippen LogP contribution in [-0.2, 0) is 17.1 Å². The molecule has 7 nitrogen and oxygen atoms in total. The number of rotatable bonds is 8. The highest BCUT2D eigenvalue weighted by Gasteiger charge is 2.22. The fraction of sp³-hybridized carbons (Fsp3) is 0.375. The van der Waals surface area contributed by atoms with Gasteiger partial charge in [-0.2, -0.15) is 5.10 Å². The molecule has 0 aliphatic heterocycles. The summed E-state index contributed by atoms with van der Waals surface area (Å²) >= 11 is 0. The van der Waals surface area contributed by atoms with Crippen LogP contribution >= 0.6 is 0 Å². The maximum Gasteiger partial charge on any atom is 0.251 e. The third-order valence-corrected chi connectivity index (χ3v) is 5.09. The Morgan fingerprint density at radius 1 is 1.40 bits per heavy atom. The Balaban J connectivity index is 2.22. The number of amides is 1. The first-order valence-corrected chi connectivity index (χ1v) is 9.30. The first kappa shape index (κ1) is 19.1. The number of aromatic nitrogens is 2. The predicted molar refractivity (Wildman–Crippen MR) is 91.3 cm³/mol. The molecule has 1 atom stereocenters. The highest BCUT2D eigenvalue weighted by molar-refractivity contribution is 7.89. The van der Waals surface area contributed by atoms with Crippen LogP contribution in [0, 0.1) is 0 Å². The minimum absolute atomic E-state index is 0.0252. The van der Waals surface area contributed by atoms with Crippen LogP contribution in [0.4, 0.5) is 4.39 Å². The number of sulfonamides is 1. The van der Waals surface area contributed by atoms with Crippen molar-refractivity contribution in [3.8, 4) is 0 Å². The molecule has 0 radical (unpaired) electrons. The van der Waals surface area contributed by atoms with Crippen molar-refractivity contribution < 1.29 is 17.6 Å². The topological polar surface area (TPSA) is 93.1 Å². The maximum absolute atomic E-state index is 12.6. The van der Waals surface area contributed by atoms with E-state index >= 15 is 0 Å². The van der Waals surface area contributed by atoms with Gasteiger partial charge in [0.25, 0.3) is 5.91 Å². The quantitative estimate of drug-likeness (QED) is 0.739. The molecule has 1 heterocycles. The average Bonchev–Trinajstić information content (AvgIpc) is 3.04. The molecule has 2 N–H and O–H groups in total. The monoisotopic (exact) mass is 368 g/mol. The molecule has 136 valence electrons. The normalized spacial score (nSPS) is 12.8. The van der Waals surface area contributed by atoms with Crippen LogP contribution in [-0.4, -0.2) is 37.3 Å². The summed E-state index contributed by atoms with van der Waals surface area (Å²) in [6, 6.07) is 5.20. The molecular weight excluding hydrogens is 347 g/mol. The molecule has 0 saturated heterocycles. The predicted octanol–water partition coefficient (Wildman–Crippen LogP) is 1.55. The Morgan fingerprint density at radius 2 is 2.16 bits per heavy atom. The Hall–Kier alpha value is -2.26. The van der Waals surface area contributed by atoms with Gasteiger partial charge in [0.15, 0.2) is 0 Å². The average molecular weight is 368 g/mol. The molecule has 0 unspecified atom stereocenters. The zero-order valence-electron chi connectivity index (χ0n) is 14.1. The Morgan fingerprint density at radius 3 is 2.76 bits per heavy atom. The van der Waals surface area contributed by atoms with Gasteiger partial charge in [0, 0.05) is 37.0 Å². The SMILES string of the molecule is CC[C@@H](NS(=O)(=O)c1cccc(C(=O)NCCF)c1)c1cnn(C)c1. The highest BCUT2D eigenvalue weighted by atomic mass is 32.2. The number of hydrogen-bond acceptors (Lipinski definition) is 4. The fourth-order valence-corrected chi connectivity index (χ4v) is 3.68. The van der Waals surface area contributed by atoms with E-state index in [1.807, 2.05) is 6.92 Å². The number of hydrogen-bond donors (Lipinski definition) is 2. The van der Waals surface area contributed by atoms with Crippen LogP contribution in [0.2, 0.25) is 0 Å². The van der Waals surface area contributed by atoms with Gasteiger partial charge in [0.2, 0.25) is 10.0 Å². The van der Waals surface area contributed by atoms with Crippen LogP contribution in [0.5, 0.6) is 0 Å². The van der Waals surface area contributed by atoms with Gasteiger partial charge in [-0.3, -0.25) is 9.48 Å². The fourth-order valence-electron chi connectivity index (χ4n) is 2.33. The third kappa shape index (κ3) is 4.86. The van der Waals surface area contributed by atoms with Crippen LogP contribution in [0.3, 0.4) is 0 Å². The van der Waals surface area contributed by atoms with E-state index in [9.17, 15) is 17.6 Å². The van der Waals surface area contributed by atoms with Gasteiger partial charge in [-0.1, -0.05) is 13.0 Å². The molecule has 2 rings (SSSR count). The second-order valence-electron chi connectivity index (χ2n) is 5.50. The van der Waals surface area contributed by atoms with Crippen molar-refractivity contribution in [1.29, 1.82) is 0 Å². The van der Waals surface area contributed by atoms with Crippen molar-refractivity contribution >= 4 is 15.9 Å². The molecule has 25 heavy (non-hydrogen) atoms. The molecule has 0 bridgehead atoms. The Labute approximate surface area is 146 Å². The summed E-state index contributed by atoms with van der Waals surface area (Å²) in [5.41, 5.74) is 0.913. The highest BCUT2D eigenvalue weighted by Crippen LogP contribution is 2.20. The van der Waals surface area contributed by atoms with E-state index in [-0.39, 0.29) is 17.0 Å². The first-order valence-electron chi connectivity index (χ1n) is 7.82. The maximum atomic E-state index is 12.6. The number of carbonyl (C=O) groups excluding carboxylic acids is 1. The van der Waals surface area contributed by atoms with Crippen molar-refractivity contribution in [3.63, 3.8) is 0 Å². The second kappa shape index (κ2) is 8.21. The zero-order chi connectivity index (χ0) is 18.4. The van der Waals surface area contributed by atoms with Crippen molar-refractivity contribution in [1.82, 2.24) is 19.8 Å². The van der Waals surface area contributed by atoms with Gasteiger partial charge in [0.1, 0.15) is 6.67 Å². The summed E-state index contributed by atoms with van der Waals surface area (Å²) < 4.78 is 41.7. The summed E-state index contributed by atoms with van der Waals surface area (Å²) in [6.07, 6.45) is 3.90. The summed E-state index contributed by atoms with van der Waals surface area (Å²) in [4.78, 5) is 11.9. The molecule has 9 heteroatoms. The first-order chi connectivity index (χ1) is 11.9. The molecule has 1 aromatic heterocycles. The number of nitrogens with zero attached hydrogens (tertiary/aromatic N) is 2. The lowest BCUT2D eigenvalue weighted by Crippen LogP contribution is -2.29. The lowest BCUT2D eigenvalue weighted by molar-refractivity contribution is 0.0950. The third-order valence-electron chi connectivity index (χ3n) is 3.62. The Kier molecular flexibility index (Phi) is 6.27. The van der Waals surface area contributed by atoms with Crippen LogP contribution in [0.15, 0.2) is 41.6 Å². The minimum Gasteiger partial charge on any atom is -0.349 e. The number of halogens is 1. The minimum atomic E-state index is -3.83. The molecular formula is C16H21FN4O3S. The summed E-state index contributed by atoms with van der Waals surface area (Å²) in [5.74, 6) is -0.519. The van der Waals surface area contributed by atoms with Crippen LogP contribution in [0.25, 0.3) is 0 Å². The summed E-state index contributed by atoms with van der Waals surface area (Å²) in [5, 5.41) is 6.42. The van der Waals surface area contributed by atoms with Gasteiger partial charge >= 0.3 is 0 Å². The van der Waals surface area contributed by atoms with E-state index in [1.165, 1.54) is 24.3 Å². The molecule has 0 aliphatic carbocycles. The number of nitrogens with one attached hydrogen (secondary N) is 2. The number of carbonyl (C=O) groups is 1. The molecule has 1 amide bonds. The van der Waals surface area contributed by atoms with Crippen LogP contribution in [0.1, 0.15) is 35.3 Å². The standard InChI is InChI=1S/C16H21FN4O3S/c1-3-15(13-10-19-21(2)11-13)20-25(23,24)14-6-4-5-12(9-14)16(22)18-8-7-17/h4-6,9-11,15,20H,3,7-8H2,1-2H3,(H,18,22)/t15-/m1/s1.